The zero-order chi connectivity index (χ0) is 19.8. The van der Waals surface area contributed by atoms with Gasteiger partial charge in [-0.25, -0.2) is 0 Å². The van der Waals surface area contributed by atoms with Crippen molar-refractivity contribution in [2.75, 3.05) is 46.4 Å². The normalized spacial score (nSPS) is 14.8. The van der Waals surface area contributed by atoms with Gasteiger partial charge in [-0.1, -0.05) is 41.4 Å². The van der Waals surface area contributed by atoms with Crippen LogP contribution >= 0.6 is 23.2 Å². The fourth-order valence-corrected chi connectivity index (χ4v) is 3.67. The molecule has 1 heterocycles. The number of ether oxygens (including phenoxy) is 2. The second-order valence-electron chi connectivity index (χ2n) is 6.74. The quantitative estimate of drug-likeness (QED) is 0.603. The number of methoxy groups -OCH3 is 1. The fourth-order valence-electron chi connectivity index (χ4n) is 3.21. The van der Waals surface area contributed by atoms with E-state index in [4.69, 9.17) is 32.7 Å². The van der Waals surface area contributed by atoms with Crippen LogP contribution in [-0.2, 0) is 13.2 Å². The van der Waals surface area contributed by atoms with Crippen molar-refractivity contribution < 1.29 is 9.47 Å². The van der Waals surface area contributed by atoms with Gasteiger partial charge in [0.15, 0.2) is 11.5 Å². The van der Waals surface area contributed by atoms with Crippen LogP contribution in [0.25, 0.3) is 0 Å². The smallest absolute Gasteiger partial charge is 0.166 e. The summed E-state index contributed by atoms with van der Waals surface area (Å²) in [6.07, 6.45) is 0. The third kappa shape index (κ3) is 6.00. The van der Waals surface area contributed by atoms with E-state index in [1.54, 1.807) is 13.2 Å². The van der Waals surface area contributed by atoms with Gasteiger partial charge in [0.05, 0.1) is 7.11 Å². The first-order chi connectivity index (χ1) is 13.7. The van der Waals surface area contributed by atoms with Gasteiger partial charge in [-0.15, -0.1) is 0 Å². The predicted octanol–water partition coefficient (Wildman–Crippen LogP) is 3.58. The summed E-state index contributed by atoms with van der Waals surface area (Å²) in [4.78, 5) is 2.47. The van der Waals surface area contributed by atoms with Crippen molar-refractivity contribution in [3.05, 3.63) is 57.6 Å². The molecule has 2 N–H and O–H groups in total. The Morgan fingerprint density at radius 2 is 1.93 bits per heavy atom. The number of piperazine rings is 1. The molecule has 2 aromatic rings. The highest BCUT2D eigenvalue weighted by molar-refractivity contribution is 6.35. The second-order valence-corrected chi connectivity index (χ2v) is 7.58. The molecule has 0 spiro atoms. The van der Waals surface area contributed by atoms with E-state index < -0.39 is 0 Å². The van der Waals surface area contributed by atoms with E-state index in [1.807, 2.05) is 24.3 Å². The molecule has 152 valence electrons. The Morgan fingerprint density at radius 3 is 2.68 bits per heavy atom. The average Bonchev–Trinajstić information content (AvgIpc) is 2.71. The first-order valence-corrected chi connectivity index (χ1v) is 10.3. The summed E-state index contributed by atoms with van der Waals surface area (Å²) in [6, 6.07) is 11.4. The van der Waals surface area contributed by atoms with Crippen LogP contribution in [0, 0.1) is 0 Å². The van der Waals surface area contributed by atoms with Crippen molar-refractivity contribution in [2.45, 2.75) is 13.2 Å². The van der Waals surface area contributed by atoms with E-state index in [0.717, 1.165) is 56.1 Å². The highest BCUT2D eigenvalue weighted by atomic mass is 35.5. The summed E-state index contributed by atoms with van der Waals surface area (Å²) < 4.78 is 11.6. The highest BCUT2D eigenvalue weighted by Gasteiger charge is 2.13. The number of benzene rings is 2. The molecule has 0 bridgehead atoms. The molecule has 5 nitrogen and oxygen atoms in total. The fraction of sp³-hybridized carbons (Fsp3) is 0.429. The van der Waals surface area contributed by atoms with Crippen LogP contribution in [-0.4, -0.2) is 51.3 Å². The molecule has 28 heavy (non-hydrogen) atoms. The molecule has 0 radical (unpaired) electrons. The number of hydrogen-bond donors (Lipinski definition) is 2. The van der Waals surface area contributed by atoms with Crippen molar-refractivity contribution in [3.63, 3.8) is 0 Å². The second kappa shape index (κ2) is 10.9. The van der Waals surface area contributed by atoms with Crippen LogP contribution in [0.3, 0.4) is 0 Å². The Bertz CT molecular complexity index is 767. The zero-order valence-corrected chi connectivity index (χ0v) is 17.7. The molecule has 0 atom stereocenters. The molecule has 1 aliphatic rings. The summed E-state index contributed by atoms with van der Waals surface area (Å²) in [5, 5.41) is 8.10. The van der Waals surface area contributed by atoms with Gasteiger partial charge in [-0.2, -0.15) is 0 Å². The summed E-state index contributed by atoms with van der Waals surface area (Å²) in [6.45, 7) is 7.40. The van der Waals surface area contributed by atoms with Crippen LogP contribution in [0.1, 0.15) is 11.1 Å². The third-order valence-electron chi connectivity index (χ3n) is 4.80. The van der Waals surface area contributed by atoms with Gasteiger partial charge >= 0.3 is 0 Å². The molecule has 0 amide bonds. The van der Waals surface area contributed by atoms with Crippen molar-refractivity contribution in [2.24, 2.45) is 0 Å². The van der Waals surface area contributed by atoms with Crippen molar-refractivity contribution >= 4 is 23.2 Å². The number of rotatable bonds is 9. The number of nitrogens with zero attached hydrogens (tertiary/aromatic N) is 1. The lowest BCUT2D eigenvalue weighted by atomic mass is 10.1. The highest BCUT2D eigenvalue weighted by Crippen LogP contribution is 2.32. The zero-order valence-electron chi connectivity index (χ0n) is 16.1. The van der Waals surface area contributed by atoms with E-state index in [2.05, 4.69) is 21.6 Å². The first kappa shape index (κ1) is 21.2. The molecule has 3 rings (SSSR count). The van der Waals surface area contributed by atoms with E-state index in [-0.39, 0.29) is 0 Å². The van der Waals surface area contributed by atoms with Crippen LogP contribution in [0.15, 0.2) is 36.4 Å². The molecule has 1 saturated heterocycles. The minimum atomic E-state index is 0.351. The largest absolute Gasteiger partial charge is 0.493 e. The molecule has 0 unspecified atom stereocenters. The van der Waals surface area contributed by atoms with Gasteiger partial charge in [-0.05, 0) is 18.2 Å². The number of para-hydroxylation sites is 1. The van der Waals surface area contributed by atoms with Gasteiger partial charge < -0.3 is 20.1 Å². The molecule has 0 aromatic heterocycles. The van der Waals surface area contributed by atoms with Gasteiger partial charge in [0.2, 0.25) is 0 Å². The lowest BCUT2D eigenvalue weighted by molar-refractivity contribution is 0.240. The molecule has 0 saturated carbocycles. The summed E-state index contributed by atoms with van der Waals surface area (Å²) in [7, 11) is 1.65. The Hall–Kier alpha value is -1.50. The molecule has 2 aromatic carbocycles. The Morgan fingerprint density at radius 1 is 1.11 bits per heavy atom. The van der Waals surface area contributed by atoms with Crippen LogP contribution in [0.5, 0.6) is 11.5 Å². The Labute approximate surface area is 176 Å². The maximum Gasteiger partial charge on any atom is 0.166 e. The molecular weight excluding hydrogens is 397 g/mol. The topological polar surface area (TPSA) is 45.8 Å². The molecule has 0 aliphatic carbocycles. The maximum atomic E-state index is 6.27. The van der Waals surface area contributed by atoms with Crippen molar-refractivity contribution in [1.29, 1.82) is 0 Å². The average molecular weight is 424 g/mol. The van der Waals surface area contributed by atoms with Crippen LogP contribution in [0.4, 0.5) is 0 Å². The minimum Gasteiger partial charge on any atom is -0.493 e. The lowest BCUT2D eigenvalue weighted by Gasteiger charge is -2.27. The summed E-state index contributed by atoms with van der Waals surface area (Å²) in [5.74, 6) is 1.46. The molecular formula is C21H27Cl2N3O2. The maximum absolute atomic E-state index is 6.27. The molecule has 1 aliphatic heterocycles. The predicted molar refractivity (Wildman–Crippen MR) is 115 cm³/mol. The van der Waals surface area contributed by atoms with Gasteiger partial charge in [-0.3, -0.25) is 4.90 Å². The SMILES string of the molecule is COc1cccc(CNCCN2CCNCC2)c1OCc1ccc(Cl)cc1Cl. The third-order valence-corrected chi connectivity index (χ3v) is 5.38. The van der Waals surface area contributed by atoms with E-state index in [1.165, 1.54) is 0 Å². The van der Waals surface area contributed by atoms with E-state index >= 15 is 0 Å². The number of nitrogens with one attached hydrogen (secondary N) is 2. The first-order valence-electron chi connectivity index (χ1n) is 9.54. The number of halogens is 2. The van der Waals surface area contributed by atoms with E-state index in [0.29, 0.717) is 28.9 Å². The van der Waals surface area contributed by atoms with Crippen molar-refractivity contribution in [3.8, 4) is 11.5 Å². The Kier molecular flexibility index (Phi) is 8.25. The standard InChI is InChI=1S/C21H27Cl2N3O2/c1-27-20-4-2-3-16(14-25-9-12-26-10-7-24-8-11-26)21(20)28-15-17-5-6-18(22)13-19(17)23/h2-6,13,24-25H,7-12,14-15H2,1H3. The monoisotopic (exact) mass is 423 g/mol. The summed E-state index contributed by atoms with van der Waals surface area (Å²) in [5.41, 5.74) is 1.94. The molecule has 1 fully saturated rings. The van der Waals surface area contributed by atoms with E-state index in [9.17, 15) is 0 Å². The number of hydrogen-bond acceptors (Lipinski definition) is 5. The van der Waals surface area contributed by atoms with Gasteiger partial charge in [0, 0.05) is 67.0 Å². The lowest BCUT2D eigenvalue weighted by Crippen LogP contribution is -2.45. The molecule has 7 heteroatoms. The van der Waals surface area contributed by atoms with Gasteiger partial charge in [0.25, 0.3) is 0 Å². The van der Waals surface area contributed by atoms with Gasteiger partial charge in [0.1, 0.15) is 6.61 Å². The summed E-state index contributed by atoms with van der Waals surface area (Å²) >= 11 is 12.2. The van der Waals surface area contributed by atoms with Crippen LogP contribution in [0.2, 0.25) is 10.0 Å². The van der Waals surface area contributed by atoms with Crippen molar-refractivity contribution in [1.82, 2.24) is 15.5 Å². The minimum absolute atomic E-state index is 0.351. The Balaban J connectivity index is 1.59. The van der Waals surface area contributed by atoms with Crippen LogP contribution < -0.4 is 20.1 Å².